The summed E-state index contributed by atoms with van der Waals surface area (Å²) in [5.74, 6) is 0.540. The molecule has 0 spiro atoms. The first kappa shape index (κ1) is 12.4. The summed E-state index contributed by atoms with van der Waals surface area (Å²) in [6.45, 7) is 3.92. The summed E-state index contributed by atoms with van der Waals surface area (Å²) in [5.41, 5.74) is 10.2. The largest absolute Gasteiger partial charge is 0.496 e. The van der Waals surface area contributed by atoms with Crippen LogP contribution in [0.1, 0.15) is 11.1 Å². The first-order valence-electron chi connectivity index (χ1n) is 5.73. The number of nitrogen functional groups attached to an aromatic ring is 1. The Labute approximate surface area is 106 Å². The quantitative estimate of drug-likeness (QED) is 0.819. The van der Waals surface area contributed by atoms with Crippen molar-refractivity contribution in [3.05, 3.63) is 47.3 Å². The predicted octanol–water partition coefficient (Wildman–Crippen LogP) is 3.70. The molecule has 18 heavy (non-hydrogen) atoms. The van der Waals surface area contributed by atoms with Gasteiger partial charge in [-0.2, -0.15) is 0 Å². The van der Waals surface area contributed by atoms with Crippen LogP contribution in [-0.2, 0) is 0 Å². The van der Waals surface area contributed by atoms with E-state index in [-0.39, 0.29) is 5.82 Å². The average molecular weight is 245 g/mol. The topological polar surface area (TPSA) is 35.2 Å². The Hall–Kier alpha value is -2.03. The molecule has 0 aliphatic carbocycles. The zero-order chi connectivity index (χ0) is 13.3. The number of hydrogen-bond donors (Lipinski definition) is 1. The first-order valence-corrected chi connectivity index (χ1v) is 5.73. The van der Waals surface area contributed by atoms with Gasteiger partial charge in [-0.25, -0.2) is 4.39 Å². The van der Waals surface area contributed by atoms with Crippen molar-refractivity contribution in [3.63, 3.8) is 0 Å². The molecule has 0 radical (unpaired) electrons. The van der Waals surface area contributed by atoms with Gasteiger partial charge in [-0.1, -0.05) is 0 Å². The van der Waals surface area contributed by atoms with Gasteiger partial charge < -0.3 is 10.5 Å². The molecule has 0 bridgehead atoms. The number of hydrogen-bond acceptors (Lipinski definition) is 2. The molecule has 2 nitrogen and oxygen atoms in total. The van der Waals surface area contributed by atoms with E-state index in [2.05, 4.69) is 0 Å². The normalized spacial score (nSPS) is 10.4. The van der Waals surface area contributed by atoms with Crippen LogP contribution in [0.5, 0.6) is 5.75 Å². The summed E-state index contributed by atoms with van der Waals surface area (Å²) >= 11 is 0. The van der Waals surface area contributed by atoms with Gasteiger partial charge in [-0.3, -0.25) is 0 Å². The lowest BCUT2D eigenvalue weighted by Crippen LogP contribution is -1.95. The van der Waals surface area contributed by atoms with E-state index in [0.717, 1.165) is 28.0 Å². The molecule has 3 heteroatoms. The molecule has 0 aromatic heterocycles. The van der Waals surface area contributed by atoms with Gasteiger partial charge in [-0.15, -0.1) is 0 Å². The second-order valence-electron chi connectivity index (χ2n) is 4.37. The highest BCUT2D eigenvalue weighted by Gasteiger charge is 2.10. The number of aryl methyl sites for hydroxylation is 2. The maximum absolute atomic E-state index is 13.3. The van der Waals surface area contributed by atoms with Crippen LogP contribution in [0.2, 0.25) is 0 Å². The molecule has 2 N–H and O–H groups in total. The van der Waals surface area contributed by atoms with Gasteiger partial charge in [0, 0.05) is 11.3 Å². The third-order valence-electron chi connectivity index (χ3n) is 3.05. The minimum Gasteiger partial charge on any atom is -0.496 e. The Balaban J connectivity index is 2.64. The lowest BCUT2D eigenvalue weighted by Gasteiger charge is -2.13. The van der Waals surface area contributed by atoms with Crippen LogP contribution in [0, 0.1) is 19.7 Å². The average Bonchev–Trinajstić information content (AvgIpc) is 2.35. The van der Waals surface area contributed by atoms with Crippen LogP contribution < -0.4 is 10.5 Å². The summed E-state index contributed by atoms with van der Waals surface area (Å²) in [6.07, 6.45) is 0. The lowest BCUT2D eigenvalue weighted by atomic mass is 9.96. The predicted molar refractivity (Wildman–Crippen MR) is 72.3 cm³/mol. The summed E-state index contributed by atoms with van der Waals surface area (Å²) in [4.78, 5) is 0. The molecule has 0 aliphatic rings. The molecule has 0 unspecified atom stereocenters. The molecule has 0 heterocycles. The van der Waals surface area contributed by atoms with Gasteiger partial charge in [0.2, 0.25) is 0 Å². The van der Waals surface area contributed by atoms with Crippen LogP contribution in [-0.4, -0.2) is 7.11 Å². The van der Waals surface area contributed by atoms with E-state index in [1.165, 1.54) is 12.1 Å². The molecule has 2 aromatic carbocycles. The van der Waals surface area contributed by atoms with Crippen molar-refractivity contribution >= 4 is 5.69 Å². The summed E-state index contributed by atoms with van der Waals surface area (Å²) < 4.78 is 18.6. The molecular formula is C15H16FNO. The van der Waals surface area contributed by atoms with E-state index >= 15 is 0 Å². The van der Waals surface area contributed by atoms with Crippen LogP contribution >= 0.6 is 0 Å². The second-order valence-corrected chi connectivity index (χ2v) is 4.37. The van der Waals surface area contributed by atoms with E-state index in [4.69, 9.17) is 10.5 Å². The minimum absolute atomic E-state index is 0.285. The van der Waals surface area contributed by atoms with E-state index in [1.807, 2.05) is 26.0 Å². The zero-order valence-corrected chi connectivity index (χ0v) is 10.8. The van der Waals surface area contributed by atoms with E-state index in [1.54, 1.807) is 13.2 Å². The zero-order valence-electron chi connectivity index (χ0n) is 10.8. The van der Waals surface area contributed by atoms with E-state index in [9.17, 15) is 4.39 Å². The van der Waals surface area contributed by atoms with Gasteiger partial charge in [0.05, 0.1) is 7.11 Å². The maximum atomic E-state index is 13.3. The van der Waals surface area contributed by atoms with Crippen molar-refractivity contribution in [3.8, 4) is 16.9 Å². The fourth-order valence-electron chi connectivity index (χ4n) is 2.06. The third kappa shape index (κ3) is 2.16. The Bertz CT molecular complexity index is 593. The van der Waals surface area contributed by atoms with Crippen molar-refractivity contribution in [2.24, 2.45) is 0 Å². The Morgan fingerprint density at radius 2 is 1.72 bits per heavy atom. The summed E-state index contributed by atoms with van der Waals surface area (Å²) in [6, 6.07) is 8.33. The van der Waals surface area contributed by atoms with Crippen molar-refractivity contribution in [1.82, 2.24) is 0 Å². The van der Waals surface area contributed by atoms with Crippen LogP contribution in [0.25, 0.3) is 11.1 Å². The number of anilines is 1. The number of halogens is 1. The number of nitrogens with two attached hydrogens (primary N) is 1. The van der Waals surface area contributed by atoms with Gasteiger partial charge in [0.15, 0.2) is 0 Å². The highest BCUT2D eigenvalue weighted by molar-refractivity contribution is 5.79. The van der Waals surface area contributed by atoms with Crippen molar-refractivity contribution in [1.29, 1.82) is 0 Å². The highest BCUT2D eigenvalue weighted by Crippen LogP contribution is 2.33. The molecule has 0 saturated carbocycles. The van der Waals surface area contributed by atoms with Crippen molar-refractivity contribution < 1.29 is 9.13 Å². The number of methoxy groups -OCH3 is 1. The number of rotatable bonds is 2. The second kappa shape index (κ2) is 4.69. The SMILES string of the molecule is COc1cc(C)c(-c2cc(F)ccc2N)cc1C. The van der Waals surface area contributed by atoms with E-state index < -0.39 is 0 Å². The fourth-order valence-corrected chi connectivity index (χ4v) is 2.06. The molecule has 0 atom stereocenters. The summed E-state index contributed by atoms with van der Waals surface area (Å²) in [5, 5.41) is 0. The molecule has 2 rings (SSSR count). The molecule has 0 fully saturated rings. The molecule has 0 saturated heterocycles. The molecule has 0 amide bonds. The Morgan fingerprint density at radius 1 is 1.00 bits per heavy atom. The monoisotopic (exact) mass is 245 g/mol. The smallest absolute Gasteiger partial charge is 0.123 e. The molecular weight excluding hydrogens is 229 g/mol. The Kier molecular flexibility index (Phi) is 3.24. The summed E-state index contributed by atoms with van der Waals surface area (Å²) in [7, 11) is 1.64. The van der Waals surface area contributed by atoms with Crippen LogP contribution in [0.3, 0.4) is 0 Å². The van der Waals surface area contributed by atoms with Gasteiger partial charge >= 0.3 is 0 Å². The fraction of sp³-hybridized carbons (Fsp3) is 0.200. The van der Waals surface area contributed by atoms with Gasteiger partial charge in [-0.05, 0) is 60.9 Å². The number of ether oxygens (including phenoxy) is 1. The number of benzene rings is 2. The molecule has 0 aliphatic heterocycles. The molecule has 94 valence electrons. The standard InChI is InChI=1S/C15H16FNO/c1-9-7-15(18-3)10(2)6-12(9)13-8-11(16)4-5-14(13)17/h4-8H,17H2,1-3H3. The van der Waals surface area contributed by atoms with Gasteiger partial charge in [0.1, 0.15) is 11.6 Å². The van der Waals surface area contributed by atoms with Crippen LogP contribution in [0.15, 0.2) is 30.3 Å². The van der Waals surface area contributed by atoms with Gasteiger partial charge in [0.25, 0.3) is 0 Å². The molecule has 2 aromatic rings. The first-order chi connectivity index (χ1) is 8.52. The maximum Gasteiger partial charge on any atom is 0.123 e. The highest BCUT2D eigenvalue weighted by atomic mass is 19.1. The minimum atomic E-state index is -0.285. The van der Waals surface area contributed by atoms with Crippen molar-refractivity contribution in [2.75, 3.05) is 12.8 Å². The third-order valence-corrected chi connectivity index (χ3v) is 3.05. The Morgan fingerprint density at radius 3 is 2.39 bits per heavy atom. The lowest BCUT2D eigenvalue weighted by molar-refractivity contribution is 0.411. The van der Waals surface area contributed by atoms with Crippen LogP contribution in [0.4, 0.5) is 10.1 Å². The van der Waals surface area contributed by atoms with Crippen molar-refractivity contribution in [2.45, 2.75) is 13.8 Å². The van der Waals surface area contributed by atoms with E-state index in [0.29, 0.717) is 5.69 Å².